The summed E-state index contributed by atoms with van der Waals surface area (Å²) in [4.78, 5) is 44.3. The van der Waals surface area contributed by atoms with Crippen LogP contribution in [0.4, 0.5) is 0 Å². The number of ether oxygens (including phenoxy) is 3. The summed E-state index contributed by atoms with van der Waals surface area (Å²) in [5, 5.41) is 3.23. The molecule has 11 heteroatoms. The largest absolute Gasteiger partial charge is 0.493 e. The molecule has 1 saturated heterocycles. The number of hydrogen-bond acceptors (Lipinski definition) is 8. The number of aryl methyl sites for hydroxylation is 1. The second-order valence-electron chi connectivity index (χ2n) is 8.26. The first kappa shape index (κ1) is 24.4. The van der Waals surface area contributed by atoms with Gasteiger partial charge in [-0.3, -0.25) is 23.6 Å². The van der Waals surface area contributed by atoms with Crippen molar-refractivity contribution in [2.45, 2.75) is 6.04 Å². The molecule has 1 amide bonds. The molecule has 1 N–H and O–H groups in total. The SMILES string of the molecule is COc1ccc([C@@H](CNC(=O)c2ccc3c(=O)n(C)c(=O)n(C)c3n2)N2CCOCC2)cc1OC. The fraction of sp³-hybridized carbons (Fsp3) is 0.417. The number of carbonyl (C=O) groups excluding carboxylic acids is 1. The Kier molecular flexibility index (Phi) is 7.17. The van der Waals surface area contributed by atoms with Crippen molar-refractivity contribution in [3.8, 4) is 11.5 Å². The predicted molar refractivity (Wildman–Crippen MR) is 129 cm³/mol. The summed E-state index contributed by atoms with van der Waals surface area (Å²) in [6.07, 6.45) is 0. The van der Waals surface area contributed by atoms with Gasteiger partial charge in [0.05, 0.1) is 38.9 Å². The molecule has 0 bridgehead atoms. The maximum absolute atomic E-state index is 13.0. The molecule has 0 saturated carbocycles. The molecule has 1 aromatic carbocycles. The number of nitrogens with zero attached hydrogens (tertiary/aromatic N) is 4. The van der Waals surface area contributed by atoms with Crippen molar-refractivity contribution < 1.29 is 19.0 Å². The highest BCUT2D eigenvalue weighted by Crippen LogP contribution is 2.32. The third kappa shape index (κ3) is 4.77. The summed E-state index contributed by atoms with van der Waals surface area (Å²) in [5.74, 6) is 0.824. The van der Waals surface area contributed by atoms with Crippen LogP contribution in [0.3, 0.4) is 0 Å². The molecule has 11 nitrogen and oxygen atoms in total. The van der Waals surface area contributed by atoms with E-state index in [-0.39, 0.29) is 22.8 Å². The molecule has 3 heterocycles. The third-order valence-corrected chi connectivity index (χ3v) is 6.27. The number of methoxy groups -OCH3 is 2. The van der Waals surface area contributed by atoms with E-state index in [0.717, 1.165) is 10.1 Å². The van der Waals surface area contributed by atoms with Crippen molar-refractivity contribution in [3.05, 3.63) is 62.4 Å². The quantitative estimate of drug-likeness (QED) is 0.515. The molecule has 1 aliphatic rings. The minimum Gasteiger partial charge on any atom is -0.493 e. The molecule has 3 aromatic rings. The molecule has 0 unspecified atom stereocenters. The third-order valence-electron chi connectivity index (χ3n) is 6.27. The van der Waals surface area contributed by atoms with Crippen molar-refractivity contribution in [2.75, 3.05) is 47.1 Å². The second-order valence-corrected chi connectivity index (χ2v) is 8.26. The first-order chi connectivity index (χ1) is 16.8. The van der Waals surface area contributed by atoms with Crippen LogP contribution in [0, 0.1) is 0 Å². The topological polar surface area (TPSA) is 117 Å². The smallest absolute Gasteiger partial charge is 0.332 e. The Labute approximate surface area is 201 Å². The number of nitrogens with one attached hydrogen (secondary N) is 1. The van der Waals surface area contributed by atoms with Gasteiger partial charge in [-0.1, -0.05) is 6.07 Å². The standard InChI is InChI=1S/C24H29N5O6/c1-27-21-16(23(31)28(2)24(27)32)6-7-17(26-21)22(30)25-14-18(29-9-11-35-12-10-29)15-5-8-19(33-3)20(13-15)34-4/h5-8,13,18H,9-12,14H2,1-4H3,(H,25,30)/t18-/m1/s1. The minimum absolute atomic E-state index is 0.119. The molecule has 0 spiro atoms. The summed E-state index contributed by atoms with van der Waals surface area (Å²) in [5.41, 5.74) is 0.281. The Hall–Kier alpha value is -3.70. The van der Waals surface area contributed by atoms with Crippen LogP contribution in [-0.4, -0.2) is 72.0 Å². The van der Waals surface area contributed by atoms with Crippen LogP contribution < -0.4 is 26.0 Å². The Morgan fingerprint density at radius 3 is 2.46 bits per heavy atom. The molecule has 2 aromatic heterocycles. The molecule has 1 aliphatic heterocycles. The average molecular weight is 484 g/mol. The van der Waals surface area contributed by atoms with Crippen LogP contribution in [0.25, 0.3) is 11.0 Å². The molecule has 1 atom stereocenters. The molecule has 4 rings (SSSR count). The fourth-order valence-corrected chi connectivity index (χ4v) is 4.27. The molecule has 0 radical (unpaired) electrons. The first-order valence-corrected chi connectivity index (χ1v) is 11.2. The average Bonchev–Trinajstić information content (AvgIpc) is 2.90. The Bertz CT molecular complexity index is 1360. The number of carbonyl (C=O) groups is 1. The summed E-state index contributed by atoms with van der Waals surface area (Å²) >= 11 is 0. The van der Waals surface area contributed by atoms with E-state index in [4.69, 9.17) is 14.2 Å². The maximum atomic E-state index is 13.0. The number of fused-ring (bicyclic) bond motifs is 1. The Morgan fingerprint density at radius 2 is 1.77 bits per heavy atom. The van der Waals surface area contributed by atoms with E-state index in [1.807, 2.05) is 18.2 Å². The molecule has 186 valence electrons. The van der Waals surface area contributed by atoms with Gasteiger partial charge in [0.2, 0.25) is 0 Å². The number of pyridine rings is 1. The van der Waals surface area contributed by atoms with Crippen molar-refractivity contribution in [2.24, 2.45) is 14.1 Å². The highest BCUT2D eigenvalue weighted by molar-refractivity contribution is 5.94. The lowest BCUT2D eigenvalue weighted by molar-refractivity contribution is 0.0161. The Morgan fingerprint density at radius 1 is 1.06 bits per heavy atom. The van der Waals surface area contributed by atoms with E-state index in [9.17, 15) is 14.4 Å². The molecular weight excluding hydrogens is 454 g/mol. The normalized spacial score (nSPS) is 15.1. The number of benzene rings is 1. The first-order valence-electron chi connectivity index (χ1n) is 11.2. The summed E-state index contributed by atoms with van der Waals surface area (Å²) in [6, 6.07) is 8.57. The number of amides is 1. The van der Waals surface area contributed by atoms with Gasteiger partial charge in [-0.05, 0) is 29.8 Å². The molecule has 35 heavy (non-hydrogen) atoms. The van der Waals surface area contributed by atoms with E-state index in [1.165, 1.54) is 30.8 Å². The minimum atomic E-state index is -0.506. The number of hydrogen-bond donors (Lipinski definition) is 1. The molecule has 1 fully saturated rings. The van der Waals surface area contributed by atoms with Crippen LogP contribution in [0.1, 0.15) is 22.1 Å². The molecule has 0 aliphatic carbocycles. The van der Waals surface area contributed by atoms with E-state index < -0.39 is 17.2 Å². The predicted octanol–water partition coefficient (Wildman–Crippen LogP) is 0.453. The van der Waals surface area contributed by atoms with Gasteiger partial charge in [-0.15, -0.1) is 0 Å². The van der Waals surface area contributed by atoms with Gasteiger partial charge in [-0.25, -0.2) is 9.78 Å². The fourth-order valence-electron chi connectivity index (χ4n) is 4.27. The molecular formula is C24H29N5O6. The zero-order valence-electron chi connectivity index (χ0n) is 20.2. The zero-order valence-corrected chi connectivity index (χ0v) is 20.2. The van der Waals surface area contributed by atoms with Crippen LogP contribution in [0.5, 0.6) is 11.5 Å². The highest BCUT2D eigenvalue weighted by Gasteiger charge is 2.25. The van der Waals surface area contributed by atoms with Gasteiger partial charge < -0.3 is 19.5 Å². The van der Waals surface area contributed by atoms with Crippen molar-refractivity contribution in [1.82, 2.24) is 24.3 Å². The summed E-state index contributed by atoms with van der Waals surface area (Å²) in [6.45, 7) is 2.95. The maximum Gasteiger partial charge on any atom is 0.332 e. The van der Waals surface area contributed by atoms with E-state index in [1.54, 1.807) is 14.2 Å². The lowest BCUT2D eigenvalue weighted by Crippen LogP contribution is -2.44. The Balaban J connectivity index is 1.61. The highest BCUT2D eigenvalue weighted by atomic mass is 16.5. The summed E-state index contributed by atoms with van der Waals surface area (Å²) in [7, 11) is 6.09. The lowest BCUT2D eigenvalue weighted by Gasteiger charge is -2.35. The van der Waals surface area contributed by atoms with Gasteiger partial charge >= 0.3 is 5.69 Å². The second kappa shape index (κ2) is 10.3. The van der Waals surface area contributed by atoms with Crippen molar-refractivity contribution in [3.63, 3.8) is 0 Å². The lowest BCUT2D eigenvalue weighted by atomic mass is 10.0. The zero-order chi connectivity index (χ0) is 25.1. The van der Waals surface area contributed by atoms with E-state index in [0.29, 0.717) is 44.3 Å². The van der Waals surface area contributed by atoms with Crippen molar-refractivity contribution >= 4 is 16.9 Å². The van der Waals surface area contributed by atoms with Crippen molar-refractivity contribution in [1.29, 1.82) is 0 Å². The van der Waals surface area contributed by atoms with Crippen LogP contribution >= 0.6 is 0 Å². The van der Waals surface area contributed by atoms with Gasteiger partial charge in [0.1, 0.15) is 11.3 Å². The van der Waals surface area contributed by atoms with Gasteiger partial charge in [0, 0.05) is 33.7 Å². The van der Waals surface area contributed by atoms with Crippen LogP contribution in [0.15, 0.2) is 39.9 Å². The number of aromatic nitrogens is 3. The monoisotopic (exact) mass is 483 g/mol. The van der Waals surface area contributed by atoms with E-state index in [2.05, 4.69) is 15.2 Å². The van der Waals surface area contributed by atoms with Gasteiger partial charge in [-0.2, -0.15) is 0 Å². The van der Waals surface area contributed by atoms with E-state index >= 15 is 0 Å². The van der Waals surface area contributed by atoms with Crippen LogP contribution in [0.2, 0.25) is 0 Å². The number of morpholine rings is 1. The van der Waals surface area contributed by atoms with Gasteiger partial charge in [0.25, 0.3) is 11.5 Å². The number of rotatable bonds is 7. The van der Waals surface area contributed by atoms with Gasteiger partial charge in [0.15, 0.2) is 11.5 Å². The summed E-state index contributed by atoms with van der Waals surface area (Å²) < 4.78 is 18.6. The van der Waals surface area contributed by atoms with Crippen LogP contribution in [-0.2, 0) is 18.8 Å².